The van der Waals surface area contributed by atoms with Gasteiger partial charge in [-0.15, -0.1) is 0 Å². The molecule has 5 nitrogen and oxygen atoms in total. The third kappa shape index (κ3) is 2.44. The topological polar surface area (TPSA) is 52.0 Å². The van der Waals surface area contributed by atoms with Gasteiger partial charge in [0.2, 0.25) is 5.88 Å². The molecule has 0 radical (unpaired) electrons. The molecule has 1 aliphatic rings. The molecule has 1 aliphatic heterocycles. The molecule has 2 aromatic rings. The van der Waals surface area contributed by atoms with Gasteiger partial charge in [0, 0.05) is 37.9 Å². The minimum atomic E-state index is -0.431. The van der Waals surface area contributed by atoms with Gasteiger partial charge >= 0.3 is 0 Å². The fraction of sp³-hybridized carbons (Fsp3) is 0.385. The minimum Gasteiger partial charge on any atom is -0.474 e. The molecule has 0 bridgehead atoms. The third-order valence-electron chi connectivity index (χ3n) is 3.29. The number of pyridine rings is 1. The summed E-state index contributed by atoms with van der Waals surface area (Å²) in [5.41, 5.74) is 2.27. The van der Waals surface area contributed by atoms with Gasteiger partial charge in [0.25, 0.3) is 0 Å². The van der Waals surface area contributed by atoms with Crippen LogP contribution in [0.5, 0.6) is 5.88 Å². The van der Waals surface area contributed by atoms with E-state index in [0.29, 0.717) is 6.61 Å². The molecule has 0 fully saturated rings. The molecule has 1 atom stereocenters. The first-order chi connectivity index (χ1) is 9.24. The Morgan fingerprint density at radius 2 is 2.42 bits per heavy atom. The van der Waals surface area contributed by atoms with E-state index in [9.17, 15) is 4.39 Å². The van der Waals surface area contributed by atoms with Crippen molar-refractivity contribution in [1.82, 2.24) is 19.9 Å². The fourth-order valence-electron chi connectivity index (χ4n) is 2.23. The van der Waals surface area contributed by atoms with Gasteiger partial charge < -0.3 is 14.6 Å². The molecule has 0 saturated carbocycles. The Balaban J connectivity index is 1.64. The largest absolute Gasteiger partial charge is 0.474 e. The van der Waals surface area contributed by atoms with Crippen LogP contribution in [0.25, 0.3) is 0 Å². The molecule has 19 heavy (non-hydrogen) atoms. The Hall–Kier alpha value is -1.95. The van der Waals surface area contributed by atoms with Crippen LogP contribution < -0.4 is 10.1 Å². The van der Waals surface area contributed by atoms with E-state index >= 15 is 0 Å². The summed E-state index contributed by atoms with van der Waals surface area (Å²) in [6.45, 7) is 1.10. The highest BCUT2D eigenvalue weighted by Gasteiger charge is 2.22. The van der Waals surface area contributed by atoms with Gasteiger partial charge in [0.05, 0.1) is 12.0 Å². The number of nitrogens with zero attached hydrogens (tertiary/aromatic N) is 3. The van der Waals surface area contributed by atoms with Gasteiger partial charge in [-0.05, 0) is 12.1 Å². The van der Waals surface area contributed by atoms with E-state index in [2.05, 4.69) is 15.3 Å². The zero-order valence-corrected chi connectivity index (χ0v) is 10.6. The zero-order chi connectivity index (χ0) is 13.2. The Morgan fingerprint density at radius 3 is 3.26 bits per heavy atom. The van der Waals surface area contributed by atoms with Gasteiger partial charge in [-0.2, -0.15) is 0 Å². The number of halogens is 1. The summed E-state index contributed by atoms with van der Waals surface area (Å²) in [6.07, 6.45) is 4.15. The van der Waals surface area contributed by atoms with Crippen LogP contribution in [-0.4, -0.2) is 27.2 Å². The van der Waals surface area contributed by atoms with E-state index in [1.54, 1.807) is 6.07 Å². The van der Waals surface area contributed by atoms with Crippen LogP contribution in [0.2, 0.25) is 0 Å². The smallest absolute Gasteiger partial charge is 0.250 e. The van der Waals surface area contributed by atoms with Crippen LogP contribution in [0.3, 0.4) is 0 Å². The summed E-state index contributed by atoms with van der Waals surface area (Å²) in [5, 5.41) is 3.33. The number of rotatable bonds is 3. The maximum absolute atomic E-state index is 13.4. The first-order valence-electron chi connectivity index (χ1n) is 6.20. The van der Waals surface area contributed by atoms with Crippen LogP contribution in [0.1, 0.15) is 11.4 Å². The molecule has 3 rings (SSSR count). The van der Waals surface area contributed by atoms with Crippen LogP contribution in [-0.2, 0) is 20.0 Å². The molecule has 6 heteroatoms. The van der Waals surface area contributed by atoms with Crippen molar-refractivity contribution < 1.29 is 9.13 Å². The van der Waals surface area contributed by atoms with Gasteiger partial charge in [0.1, 0.15) is 6.61 Å². The van der Waals surface area contributed by atoms with Crippen molar-refractivity contribution in [2.75, 3.05) is 6.61 Å². The van der Waals surface area contributed by atoms with Crippen molar-refractivity contribution in [3.05, 3.63) is 41.9 Å². The summed E-state index contributed by atoms with van der Waals surface area (Å²) >= 11 is 0. The fourth-order valence-corrected chi connectivity index (χ4v) is 2.23. The van der Waals surface area contributed by atoms with Crippen molar-refractivity contribution in [2.24, 2.45) is 7.05 Å². The number of imidazole rings is 1. The summed E-state index contributed by atoms with van der Waals surface area (Å²) < 4.78 is 20.8. The first kappa shape index (κ1) is 12.1. The highest BCUT2D eigenvalue weighted by Crippen LogP contribution is 2.16. The second-order valence-corrected chi connectivity index (χ2v) is 4.63. The van der Waals surface area contributed by atoms with Crippen molar-refractivity contribution in [2.45, 2.75) is 19.0 Å². The molecule has 0 spiro atoms. The molecular formula is C13H15FN4O. The van der Waals surface area contributed by atoms with Crippen molar-refractivity contribution >= 4 is 0 Å². The molecule has 0 unspecified atom stereocenters. The molecule has 0 aliphatic carbocycles. The number of ether oxygens (including phenoxy) is 1. The lowest BCUT2D eigenvalue weighted by Gasteiger charge is -2.24. The standard InChI is InChI=1S/C13H15FN4O/c1-18-8-17-11-6-16-9(5-12(11)18)7-19-13-10(14)3-2-4-15-13/h2-4,8-9,16H,5-7H2,1H3/t9-/m1/s1. The Morgan fingerprint density at radius 1 is 1.53 bits per heavy atom. The number of aromatic nitrogens is 3. The first-order valence-corrected chi connectivity index (χ1v) is 6.20. The lowest BCUT2D eigenvalue weighted by Crippen LogP contribution is -2.40. The zero-order valence-electron chi connectivity index (χ0n) is 10.6. The van der Waals surface area contributed by atoms with Crippen molar-refractivity contribution in [3.8, 4) is 5.88 Å². The predicted molar refractivity (Wildman–Crippen MR) is 67.2 cm³/mol. The second kappa shape index (κ2) is 4.97. The summed E-state index contributed by atoms with van der Waals surface area (Å²) in [5.74, 6) is -0.375. The van der Waals surface area contributed by atoms with Gasteiger partial charge in [-0.25, -0.2) is 14.4 Å². The molecule has 2 aromatic heterocycles. The Labute approximate surface area is 110 Å². The molecular weight excluding hydrogens is 247 g/mol. The van der Waals surface area contributed by atoms with Crippen LogP contribution in [0, 0.1) is 5.82 Å². The molecule has 0 amide bonds. The SMILES string of the molecule is Cn1cnc2c1C[C@H](COc1ncccc1F)NC2. The van der Waals surface area contributed by atoms with E-state index in [-0.39, 0.29) is 11.9 Å². The Bertz CT molecular complexity index is 584. The highest BCUT2D eigenvalue weighted by atomic mass is 19.1. The second-order valence-electron chi connectivity index (χ2n) is 4.63. The Kier molecular flexibility index (Phi) is 3.16. The van der Waals surface area contributed by atoms with Gasteiger partial charge in [0.15, 0.2) is 5.82 Å². The van der Waals surface area contributed by atoms with Crippen molar-refractivity contribution in [1.29, 1.82) is 0 Å². The van der Waals surface area contributed by atoms with Crippen LogP contribution >= 0.6 is 0 Å². The number of fused-ring (bicyclic) bond motifs is 1. The van der Waals surface area contributed by atoms with E-state index in [1.165, 1.54) is 18.0 Å². The average Bonchev–Trinajstić information content (AvgIpc) is 2.79. The quantitative estimate of drug-likeness (QED) is 0.898. The maximum atomic E-state index is 13.4. The van der Waals surface area contributed by atoms with E-state index < -0.39 is 5.82 Å². The van der Waals surface area contributed by atoms with Crippen LogP contribution in [0.4, 0.5) is 4.39 Å². The number of hydrogen-bond donors (Lipinski definition) is 1. The molecule has 3 heterocycles. The van der Waals surface area contributed by atoms with Gasteiger partial charge in [-0.1, -0.05) is 0 Å². The molecule has 0 saturated heterocycles. The van der Waals surface area contributed by atoms with Crippen LogP contribution in [0.15, 0.2) is 24.7 Å². The summed E-state index contributed by atoms with van der Waals surface area (Å²) in [6, 6.07) is 3.03. The van der Waals surface area contributed by atoms with E-state index in [4.69, 9.17) is 4.74 Å². The maximum Gasteiger partial charge on any atom is 0.250 e. The number of hydrogen-bond acceptors (Lipinski definition) is 4. The normalized spacial score (nSPS) is 18.1. The summed E-state index contributed by atoms with van der Waals surface area (Å²) in [4.78, 5) is 8.18. The lowest BCUT2D eigenvalue weighted by molar-refractivity contribution is 0.236. The lowest BCUT2D eigenvalue weighted by atomic mass is 10.1. The van der Waals surface area contributed by atoms with Gasteiger partial charge in [-0.3, -0.25) is 0 Å². The predicted octanol–water partition coefficient (Wildman–Crippen LogP) is 1.05. The summed E-state index contributed by atoms with van der Waals surface area (Å²) in [7, 11) is 1.98. The molecule has 1 N–H and O–H groups in total. The molecule has 100 valence electrons. The number of nitrogens with one attached hydrogen (secondary N) is 1. The third-order valence-corrected chi connectivity index (χ3v) is 3.29. The van der Waals surface area contributed by atoms with Crippen molar-refractivity contribution in [3.63, 3.8) is 0 Å². The number of aryl methyl sites for hydroxylation is 1. The van der Waals surface area contributed by atoms with E-state index in [1.807, 2.05) is 17.9 Å². The highest BCUT2D eigenvalue weighted by molar-refractivity contribution is 5.18. The molecule has 0 aromatic carbocycles. The monoisotopic (exact) mass is 262 g/mol. The van der Waals surface area contributed by atoms with E-state index in [0.717, 1.165) is 18.7 Å². The average molecular weight is 262 g/mol. The minimum absolute atomic E-state index is 0.0557.